The number of rotatable bonds is 9. The second-order valence-corrected chi connectivity index (χ2v) is 8.15. The Balaban J connectivity index is 3.91. The van der Waals surface area contributed by atoms with Gasteiger partial charge in [-0.15, -0.1) is 0 Å². The van der Waals surface area contributed by atoms with E-state index in [2.05, 4.69) is 33.0 Å². The van der Waals surface area contributed by atoms with Crippen molar-refractivity contribution in [3.05, 3.63) is 0 Å². The number of hydrogen-bond donors (Lipinski definition) is 1. The zero-order valence-corrected chi connectivity index (χ0v) is 12.8. The molecule has 0 amide bonds. The van der Waals surface area contributed by atoms with E-state index in [0.29, 0.717) is 24.3 Å². The lowest BCUT2D eigenvalue weighted by Gasteiger charge is -2.22. The van der Waals surface area contributed by atoms with Gasteiger partial charge in [0.15, 0.2) is 0 Å². The first-order chi connectivity index (χ1) is 7.70. The Morgan fingerprint density at radius 3 is 1.82 bits per heavy atom. The van der Waals surface area contributed by atoms with Crippen molar-refractivity contribution in [3.8, 4) is 0 Å². The average Bonchev–Trinajstić information content (AvgIpc) is 2.08. The Bertz CT molecular complexity index is 274. The molecule has 1 N–H and O–H groups in total. The molecular weight excluding hydrogens is 234 g/mol. The van der Waals surface area contributed by atoms with Crippen LogP contribution in [0.25, 0.3) is 0 Å². The highest BCUT2D eigenvalue weighted by Gasteiger charge is 2.12. The Morgan fingerprint density at radius 1 is 1.00 bits per heavy atom. The molecule has 0 aromatic heterocycles. The van der Waals surface area contributed by atoms with Crippen LogP contribution in [0.2, 0.25) is 0 Å². The van der Waals surface area contributed by atoms with Crippen LogP contribution in [0, 0.1) is 11.8 Å². The molecule has 0 bridgehead atoms. The van der Waals surface area contributed by atoms with Gasteiger partial charge in [-0.25, -0.2) is 8.42 Å². The number of sulfone groups is 1. The molecule has 0 aromatic carbocycles. The van der Waals surface area contributed by atoms with Gasteiger partial charge in [-0.1, -0.05) is 27.7 Å². The van der Waals surface area contributed by atoms with E-state index in [1.165, 1.54) is 6.26 Å². The van der Waals surface area contributed by atoms with Crippen LogP contribution in [0.3, 0.4) is 0 Å². The molecule has 0 atom stereocenters. The summed E-state index contributed by atoms with van der Waals surface area (Å²) in [7, 11) is -2.81. The number of nitrogens with one attached hydrogen (secondary N) is 1. The van der Waals surface area contributed by atoms with Crippen molar-refractivity contribution in [2.75, 3.05) is 18.6 Å². The molecule has 0 aromatic rings. The van der Waals surface area contributed by atoms with Gasteiger partial charge in [0.1, 0.15) is 9.84 Å². The lowest BCUT2D eigenvalue weighted by molar-refractivity contribution is 0.360. The summed E-state index contributed by atoms with van der Waals surface area (Å²) in [6.45, 7) is 9.71. The van der Waals surface area contributed by atoms with E-state index < -0.39 is 9.84 Å². The SMILES string of the molecule is CC(C)CC(CC(C)C)NCCCS(C)(=O)=O. The van der Waals surface area contributed by atoms with Crippen molar-refractivity contribution >= 4 is 9.84 Å². The molecule has 0 fully saturated rings. The van der Waals surface area contributed by atoms with Gasteiger partial charge in [-0.3, -0.25) is 0 Å². The average molecular weight is 263 g/mol. The molecule has 0 aliphatic rings. The molecule has 17 heavy (non-hydrogen) atoms. The van der Waals surface area contributed by atoms with Gasteiger partial charge < -0.3 is 5.32 Å². The maximum Gasteiger partial charge on any atom is 0.147 e. The molecule has 3 nitrogen and oxygen atoms in total. The van der Waals surface area contributed by atoms with Crippen molar-refractivity contribution in [1.82, 2.24) is 5.32 Å². The van der Waals surface area contributed by atoms with Gasteiger partial charge >= 0.3 is 0 Å². The third-order valence-electron chi connectivity index (χ3n) is 2.64. The zero-order valence-electron chi connectivity index (χ0n) is 12.0. The minimum Gasteiger partial charge on any atom is -0.314 e. The molecule has 104 valence electrons. The summed E-state index contributed by atoms with van der Waals surface area (Å²) >= 11 is 0. The highest BCUT2D eigenvalue weighted by atomic mass is 32.2. The number of hydrogen-bond acceptors (Lipinski definition) is 3. The van der Waals surface area contributed by atoms with Crippen LogP contribution in [0.5, 0.6) is 0 Å². The van der Waals surface area contributed by atoms with E-state index in [1.807, 2.05) is 0 Å². The summed E-state index contributed by atoms with van der Waals surface area (Å²) in [4.78, 5) is 0. The first-order valence-corrected chi connectivity index (χ1v) is 8.68. The van der Waals surface area contributed by atoms with E-state index in [4.69, 9.17) is 0 Å². The van der Waals surface area contributed by atoms with Crippen molar-refractivity contribution in [1.29, 1.82) is 0 Å². The highest BCUT2D eigenvalue weighted by molar-refractivity contribution is 7.90. The van der Waals surface area contributed by atoms with Crippen LogP contribution in [-0.4, -0.2) is 33.0 Å². The molecule has 0 saturated carbocycles. The van der Waals surface area contributed by atoms with E-state index in [0.717, 1.165) is 19.4 Å². The monoisotopic (exact) mass is 263 g/mol. The fourth-order valence-electron chi connectivity index (χ4n) is 2.04. The van der Waals surface area contributed by atoms with E-state index in [-0.39, 0.29) is 5.75 Å². The molecule has 0 aliphatic heterocycles. The largest absolute Gasteiger partial charge is 0.314 e. The summed E-state index contributed by atoms with van der Waals surface area (Å²) in [6, 6.07) is 0.523. The first kappa shape index (κ1) is 16.9. The van der Waals surface area contributed by atoms with Gasteiger partial charge in [-0.05, 0) is 37.6 Å². The van der Waals surface area contributed by atoms with E-state index in [9.17, 15) is 8.42 Å². The molecule has 0 saturated heterocycles. The van der Waals surface area contributed by atoms with Crippen molar-refractivity contribution in [3.63, 3.8) is 0 Å². The van der Waals surface area contributed by atoms with Crippen LogP contribution in [0.15, 0.2) is 0 Å². The third-order valence-corrected chi connectivity index (χ3v) is 3.67. The van der Waals surface area contributed by atoms with Crippen molar-refractivity contribution in [2.24, 2.45) is 11.8 Å². The minimum atomic E-state index is -2.81. The van der Waals surface area contributed by atoms with E-state index >= 15 is 0 Å². The lowest BCUT2D eigenvalue weighted by Crippen LogP contribution is -2.33. The summed E-state index contributed by atoms with van der Waals surface area (Å²) in [6.07, 6.45) is 4.34. The second kappa shape index (κ2) is 8.09. The summed E-state index contributed by atoms with van der Waals surface area (Å²) in [5.74, 6) is 1.65. The molecule has 0 radical (unpaired) electrons. The first-order valence-electron chi connectivity index (χ1n) is 6.61. The molecule has 4 heteroatoms. The predicted molar refractivity (Wildman–Crippen MR) is 75.0 cm³/mol. The Kier molecular flexibility index (Phi) is 8.05. The predicted octanol–water partition coefficient (Wildman–Crippen LogP) is 2.47. The second-order valence-electron chi connectivity index (χ2n) is 5.89. The fraction of sp³-hybridized carbons (Fsp3) is 1.00. The Labute approximate surface area is 107 Å². The molecule has 0 heterocycles. The summed E-state index contributed by atoms with van der Waals surface area (Å²) in [5.41, 5.74) is 0. The Morgan fingerprint density at radius 2 is 1.47 bits per heavy atom. The molecule has 0 aliphatic carbocycles. The van der Waals surface area contributed by atoms with Crippen LogP contribution in [0.1, 0.15) is 47.0 Å². The molecule has 0 unspecified atom stereocenters. The van der Waals surface area contributed by atoms with E-state index in [1.54, 1.807) is 0 Å². The van der Waals surface area contributed by atoms with Crippen molar-refractivity contribution < 1.29 is 8.42 Å². The smallest absolute Gasteiger partial charge is 0.147 e. The maximum absolute atomic E-state index is 11.0. The molecular formula is C13H29NO2S. The van der Waals surface area contributed by atoms with Gasteiger partial charge in [-0.2, -0.15) is 0 Å². The lowest BCUT2D eigenvalue weighted by atomic mass is 9.95. The van der Waals surface area contributed by atoms with Gasteiger partial charge in [0.25, 0.3) is 0 Å². The normalized spacial score (nSPS) is 12.9. The Hall–Kier alpha value is -0.0900. The fourth-order valence-corrected chi connectivity index (χ4v) is 2.71. The van der Waals surface area contributed by atoms with Gasteiger partial charge in [0.05, 0.1) is 5.75 Å². The molecule has 0 spiro atoms. The quantitative estimate of drug-likeness (QED) is 0.650. The van der Waals surface area contributed by atoms with Crippen molar-refractivity contribution in [2.45, 2.75) is 53.0 Å². The third kappa shape index (κ3) is 12.2. The van der Waals surface area contributed by atoms with Crippen LogP contribution in [0.4, 0.5) is 0 Å². The zero-order chi connectivity index (χ0) is 13.5. The van der Waals surface area contributed by atoms with Crippen LogP contribution >= 0.6 is 0 Å². The standard InChI is InChI=1S/C13H29NO2S/c1-11(2)9-13(10-12(3)4)14-7-6-8-17(5,15)16/h11-14H,6-10H2,1-5H3. The van der Waals surface area contributed by atoms with Gasteiger partial charge in [0, 0.05) is 12.3 Å². The minimum absolute atomic E-state index is 0.288. The topological polar surface area (TPSA) is 46.2 Å². The van der Waals surface area contributed by atoms with Gasteiger partial charge in [0.2, 0.25) is 0 Å². The molecule has 0 rings (SSSR count). The summed E-state index contributed by atoms with van der Waals surface area (Å²) < 4.78 is 22.0. The van der Waals surface area contributed by atoms with Crippen LogP contribution in [-0.2, 0) is 9.84 Å². The van der Waals surface area contributed by atoms with Crippen LogP contribution < -0.4 is 5.32 Å². The maximum atomic E-state index is 11.0. The summed E-state index contributed by atoms with van der Waals surface area (Å²) in [5, 5.41) is 3.49. The highest BCUT2D eigenvalue weighted by Crippen LogP contribution is 2.13.